The molecule has 3 saturated heterocycles. The number of thioether (sulfide) groups is 1. The first kappa shape index (κ1) is 32.6. The quantitative estimate of drug-likeness (QED) is 0.310. The number of nitrogens with one attached hydrogen (secondary N) is 2. The molecule has 0 radical (unpaired) electrons. The summed E-state index contributed by atoms with van der Waals surface area (Å²) in [6, 6.07) is 7.63. The van der Waals surface area contributed by atoms with Crippen molar-refractivity contribution in [2.75, 3.05) is 18.8 Å². The van der Waals surface area contributed by atoms with Gasteiger partial charge >= 0.3 is 12.2 Å². The number of aromatic amines is 2. The van der Waals surface area contributed by atoms with Crippen molar-refractivity contribution >= 4 is 23.9 Å². The third kappa shape index (κ3) is 7.31. The van der Waals surface area contributed by atoms with Crippen molar-refractivity contribution in [2.24, 2.45) is 0 Å². The van der Waals surface area contributed by atoms with Gasteiger partial charge in [-0.15, -0.1) is 11.8 Å². The van der Waals surface area contributed by atoms with Gasteiger partial charge in [0.05, 0.1) is 29.2 Å². The van der Waals surface area contributed by atoms with E-state index in [9.17, 15) is 9.59 Å². The Morgan fingerprint density at radius 3 is 2.00 bits per heavy atom. The lowest BCUT2D eigenvalue weighted by Crippen LogP contribution is -2.63. The van der Waals surface area contributed by atoms with Gasteiger partial charge in [-0.2, -0.15) is 0 Å². The molecular formula is C36H42N6O4S. The Kier molecular flexibility index (Phi) is 8.80. The van der Waals surface area contributed by atoms with Crippen LogP contribution in [0.4, 0.5) is 9.59 Å². The molecule has 0 bridgehead atoms. The van der Waals surface area contributed by atoms with Gasteiger partial charge in [-0.05, 0) is 103 Å². The SMILES string of the molecule is CC(C)(C)OC(=O)N1CCCC1c1ncc(C#Cc2ccc(C#Cc3cnc(C45CCCN(C(=O)OC(C)(C)C)C4SC5)[nH]3)cc2)[nH]1. The first-order valence-corrected chi connectivity index (χ1v) is 17.2. The lowest BCUT2D eigenvalue weighted by Gasteiger charge is -2.55. The molecule has 3 atom stereocenters. The molecule has 246 valence electrons. The zero-order valence-corrected chi connectivity index (χ0v) is 28.7. The van der Waals surface area contributed by atoms with Gasteiger partial charge in [0.25, 0.3) is 0 Å². The normalized spacial score (nSPS) is 22.3. The Morgan fingerprint density at radius 2 is 1.40 bits per heavy atom. The Morgan fingerprint density at radius 1 is 0.830 bits per heavy atom. The van der Waals surface area contributed by atoms with Gasteiger partial charge in [0.2, 0.25) is 0 Å². The van der Waals surface area contributed by atoms with E-state index >= 15 is 0 Å². The molecule has 10 nitrogen and oxygen atoms in total. The smallest absolute Gasteiger partial charge is 0.411 e. The van der Waals surface area contributed by atoms with Crippen molar-refractivity contribution < 1.29 is 19.1 Å². The second-order valence-electron chi connectivity index (χ2n) is 14.3. The molecule has 3 fully saturated rings. The number of likely N-dealkylation sites (tertiary alicyclic amines) is 2. The molecule has 3 unspecified atom stereocenters. The van der Waals surface area contributed by atoms with Crippen LogP contribution in [0.1, 0.15) is 107 Å². The number of fused-ring (bicyclic) bond motifs is 1. The van der Waals surface area contributed by atoms with Crippen molar-refractivity contribution in [3.63, 3.8) is 0 Å². The highest BCUT2D eigenvalue weighted by Gasteiger charge is 2.57. The number of benzene rings is 1. The average molecular weight is 655 g/mol. The number of ether oxygens (including phenoxy) is 2. The van der Waals surface area contributed by atoms with Crippen molar-refractivity contribution in [3.05, 3.63) is 70.8 Å². The van der Waals surface area contributed by atoms with Crippen molar-refractivity contribution in [3.8, 4) is 23.7 Å². The summed E-state index contributed by atoms with van der Waals surface area (Å²) in [5.74, 6) is 15.3. The molecule has 0 saturated carbocycles. The summed E-state index contributed by atoms with van der Waals surface area (Å²) in [5, 5.41) is 0.00898. The maximum atomic E-state index is 12.9. The number of carbonyl (C=O) groups is 2. The first-order valence-electron chi connectivity index (χ1n) is 16.2. The largest absolute Gasteiger partial charge is 0.444 e. The second kappa shape index (κ2) is 12.7. The molecule has 11 heteroatoms. The van der Waals surface area contributed by atoms with Crippen LogP contribution in [0.15, 0.2) is 36.7 Å². The minimum atomic E-state index is -0.546. The van der Waals surface area contributed by atoms with Crippen LogP contribution in [0.3, 0.4) is 0 Å². The predicted molar refractivity (Wildman–Crippen MR) is 181 cm³/mol. The minimum absolute atomic E-state index is 0.00898. The fourth-order valence-corrected chi connectivity index (χ4v) is 7.75. The molecular weight excluding hydrogens is 613 g/mol. The topological polar surface area (TPSA) is 116 Å². The lowest BCUT2D eigenvalue weighted by atomic mass is 9.79. The average Bonchev–Trinajstić information content (AvgIpc) is 3.75. The molecule has 5 heterocycles. The van der Waals surface area contributed by atoms with Gasteiger partial charge in [-0.1, -0.05) is 11.8 Å². The van der Waals surface area contributed by atoms with Crippen LogP contribution in [-0.2, 0) is 14.9 Å². The van der Waals surface area contributed by atoms with Gasteiger partial charge in [-0.3, -0.25) is 9.80 Å². The van der Waals surface area contributed by atoms with Gasteiger partial charge in [-0.25, -0.2) is 19.6 Å². The number of carbonyl (C=O) groups excluding carboxylic acids is 2. The van der Waals surface area contributed by atoms with E-state index < -0.39 is 11.2 Å². The standard InChI is InChI=1S/C36H42N6O4S/c1-34(2,3)45-32(43)41-19-7-9-28(41)29-37-21-26(39-29)16-14-24-10-12-25(13-11-24)15-17-27-22-38-30(40-27)36-18-8-20-42(31(36)47-23-36)33(44)46-35(4,5)6/h10-13,21-22,28,31H,7-9,18-20,23H2,1-6H3,(H,37,39)(H,38,40). The molecule has 3 aromatic rings. The molecule has 1 aromatic carbocycles. The third-order valence-corrected chi connectivity index (χ3v) is 10.0. The van der Waals surface area contributed by atoms with E-state index in [-0.39, 0.29) is 29.0 Å². The van der Waals surface area contributed by atoms with Crippen LogP contribution in [-0.4, -0.2) is 77.3 Å². The number of amides is 2. The molecule has 2 aromatic heterocycles. The summed E-state index contributed by atoms with van der Waals surface area (Å²) in [6.07, 6.45) is 6.51. The maximum Gasteiger partial charge on any atom is 0.411 e. The van der Waals surface area contributed by atoms with E-state index in [0.29, 0.717) is 18.8 Å². The Hall–Kier alpha value is -4.35. The molecule has 2 N–H and O–H groups in total. The predicted octanol–water partition coefficient (Wildman–Crippen LogP) is 6.35. The van der Waals surface area contributed by atoms with Crippen LogP contribution in [0.2, 0.25) is 0 Å². The first-order chi connectivity index (χ1) is 22.3. The van der Waals surface area contributed by atoms with Crippen molar-refractivity contribution in [2.45, 2.75) is 95.3 Å². The highest BCUT2D eigenvalue weighted by molar-refractivity contribution is 8.01. The van der Waals surface area contributed by atoms with Crippen LogP contribution in [0.5, 0.6) is 0 Å². The maximum absolute atomic E-state index is 12.9. The fourth-order valence-electron chi connectivity index (χ4n) is 6.15. The summed E-state index contributed by atoms with van der Waals surface area (Å²) in [6.45, 7) is 12.6. The minimum Gasteiger partial charge on any atom is -0.444 e. The Labute approximate surface area is 280 Å². The van der Waals surface area contributed by atoms with Crippen LogP contribution >= 0.6 is 11.8 Å². The van der Waals surface area contributed by atoms with Gasteiger partial charge < -0.3 is 19.4 Å². The number of hydrogen-bond donors (Lipinski definition) is 2. The molecule has 2 amide bonds. The monoisotopic (exact) mass is 654 g/mol. The Bertz CT molecular complexity index is 1760. The highest BCUT2D eigenvalue weighted by atomic mass is 32.2. The van der Waals surface area contributed by atoms with Crippen LogP contribution < -0.4 is 0 Å². The molecule has 0 spiro atoms. The molecule has 0 aliphatic carbocycles. The van der Waals surface area contributed by atoms with Gasteiger partial charge in [0.1, 0.15) is 34.2 Å². The van der Waals surface area contributed by atoms with Gasteiger partial charge in [0.15, 0.2) is 0 Å². The number of piperidine rings is 1. The number of aromatic nitrogens is 4. The van der Waals surface area contributed by atoms with E-state index in [0.717, 1.165) is 59.9 Å². The zero-order chi connectivity index (χ0) is 33.4. The summed E-state index contributed by atoms with van der Waals surface area (Å²) in [4.78, 5) is 45.1. The summed E-state index contributed by atoms with van der Waals surface area (Å²) < 4.78 is 11.3. The number of imidazole rings is 2. The van der Waals surface area contributed by atoms with E-state index in [1.807, 2.05) is 70.7 Å². The number of rotatable bonds is 2. The van der Waals surface area contributed by atoms with Crippen molar-refractivity contribution in [1.29, 1.82) is 0 Å². The molecule has 3 aliphatic heterocycles. The highest BCUT2D eigenvalue weighted by Crippen LogP contribution is 2.54. The van der Waals surface area contributed by atoms with E-state index in [1.165, 1.54) is 0 Å². The van der Waals surface area contributed by atoms with Crippen molar-refractivity contribution in [1.82, 2.24) is 29.7 Å². The summed E-state index contributed by atoms with van der Waals surface area (Å²) >= 11 is 1.77. The van der Waals surface area contributed by atoms with Crippen LogP contribution in [0.25, 0.3) is 0 Å². The van der Waals surface area contributed by atoms with Crippen LogP contribution in [0, 0.1) is 23.7 Å². The molecule has 47 heavy (non-hydrogen) atoms. The third-order valence-electron chi connectivity index (χ3n) is 8.31. The lowest BCUT2D eigenvalue weighted by molar-refractivity contribution is 0.00674. The number of nitrogens with zero attached hydrogens (tertiary/aromatic N) is 4. The molecule has 3 aliphatic rings. The fraction of sp³-hybridized carbons (Fsp3) is 0.500. The Balaban J connectivity index is 1.08. The van der Waals surface area contributed by atoms with E-state index in [2.05, 4.69) is 38.6 Å². The van der Waals surface area contributed by atoms with E-state index in [1.54, 1.807) is 29.1 Å². The second-order valence-corrected chi connectivity index (χ2v) is 15.4. The summed E-state index contributed by atoms with van der Waals surface area (Å²) in [7, 11) is 0. The number of hydrogen-bond acceptors (Lipinski definition) is 7. The summed E-state index contributed by atoms with van der Waals surface area (Å²) in [5.41, 5.74) is 1.87. The zero-order valence-electron chi connectivity index (χ0n) is 27.9. The van der Waals surface area contributed by atoms with E-state index in [4.69, 9.17) is 14.5 Å². The number of H-pyrrole nitrogens is 2. The van der Waals surface area contributed by atoms with Gasteiger partial charge in [0, 0.05) is 30.0 Å². The molecule has 6 rings (SSSR count).